The average Bonchev–Trinajstić information content (AvgIpc) is 2.16. The Balaban J connectivity index is 2.17. The first kappa shape index (κ1) is 14.0. The van der Waals surface area contributed by atoms with Gasteiger partial charge in [0.25, 0.3) is 0 Å². The Labute approximate surface area is 102 Å². The summed E-state index contributed by atoms with van der Waals surface area (Å²) < 4.78 is 0. The molecule has 0 aromatic heterocycles. The number of nitrogens with one attached hydrogen (secondary N) is 1. The van der Waals surface area contributed by atoms with Gasteiger partial charge < -0.3 is 10.2 Å². The molecule has 0 spiro atoms. The van der Waals surface area contributed by atoms with Crippen LogP contribution >= 0.6 is 0 Å². The predicted octanol–water partition coefficient (Wildman–Crippen LogP) is 2.74. The maximum Gasteiger partial charge on any atom is 0.00103 e. The van der Waals surface area contributed by atoms with Crippen molar-refractivity contribution in [1.82, 2.24) is 10.2 Å². The van der Waals surface area contributed by atoms with Crippen molar-refractivity contribution in [1.29, 1.82) is 0 Å². The highest BCUT2D eigenvalue weighted by Crippen LogP contribution is 2.19. The summed E-state index contributed by atoms with van der Waals surface area (Å²) in [4.78, 5) is 2.66. The zero-order valence-electron chi connectivity index (χ0n) is 11.6. The van der Waals surface area contributed by atoms with Crippen LogP contribution in [0.2, 0.25) is 0 Å². The van der Waals surface area contributed by atoms with E-state index in [-0.39, 0.29) is 0 Å². The molecule has 0 aromatic carbocycles. The summed E-state index contributed by atoms with van der Waals surface area (Å²) in [7, 11) is 0. The van der Waals surface area contributed by atoms with E-state index in [1.165, 1.54) is 45.4 Å². The first-order valence-electron chi connectivity index (χ1n) is 7.03. The van der Waals surface area contributed by atoms with Crippen LogP contribution in [0, 0.1) is 11.8 Å². The van der Waals surface area contributed by atoms with E-state index in [9.17, 15) is 0 Å². The fraction of sp³-hybridized carbons (Fsp3) is 1.00. The maximum atomic E-state index is 3.53. The van der Waals surface area contributed by atoms with Gasteiger partial charge >= 0.3 is 0 Å². The van der Waals surface area contributed by atoms with Crippen LogP contribution in [-0.4, -0.2) is 37.1 Å². The van der Waals surface area contributed by atoms with Gasteiger partial charge in [-0.15, -0.1) is 0 Å². The number of piperidine rings is 1. The molecule has 0 saturated carbocycles. The van der Waals surface area contributed by atoms with Crippen LogP contribution in [0.4, 0.5) is 0 Å². The SMILES string of the molecule is CC(C)CN1CCC[C@H](CCNC(C)C)C1. The summed E-state index contributed by atoms with van der Waals surface area (Å²) >= 11 is 0. The van der Waals surface area contributed by atoms with Crippen molar-refractivity contribution in [3.63, 3.8) is 0 Å². The summed E-state index contributed by atoms with van der Waals surface area (Å²) in [6.45, 7) is 14.2. The Hall–Kier alpha value is -0.0800. The molecule has 96 valence electrons. The van der Waals surface area contributed by atoms with E-state index >= 15 is 0 Å². The summed E-state index contributed by atoms with van der Waals surface area (Å²) in [6.07, 6.45) is 4.19. The van der Waals surface area contributed by atoms with Gasteiger partial charge in [0.2, 0.25) is 0 Å². The Bertz CT molecular complexity index is 178. The van der Waals surface area contributed by atoms with Gasteiger partial charge in [-0.1, -0.05) is 27.7 Å². The van der Waals surface area contributed by atoms with E-state index in [1.54, 1.807) is 0 Å². The second-order valence-electron chi connectivity index (χ2n) is 6.06. The topological polar surface area (TPSA) is 15.3 Å². The molecule has 1 heterocycles. The van der Waals surface area contributed by atoms with Crippen molar-refractivity contribution in [2.75, 3.05) is 26.2 Å². The molecular weight excluding hydrogens is 196 g/mol. The minimum atomic E-state index is 0.635. The van der Waals surface area contributed by atoms with Gasteiger partial charge in [-0.3, -0.25) is 0 Å². The van der Waals surface area contributed by atoms with Crippen molar-refractivity contribution in [3.8, 4) is 0 Å². The minimum Gasteiger partial charge on any atom is -0.315 e. The molecule has 0 aromatic rings. The molecule has 1 atom stereocenters. The summed E-state index contributed by atoms with van der Waals surface area (Å²) in [5, 5.41) is 3.53. The number of likely N-dealkylation sites (tertiary alicyclic amines) is 1. The van der Waals surface area contributed by atoms with Crippen LogP contribution in [0.15, 0.2) is 0 Å². The minimum absolute atomic E-state index is 0.635. The summed E-state index contributed by atoms with van der Waals surface area (Å²) in [6, 6.07) is 0.635. The molecule has 0 amide bonds. The molecule has 16 heavy (non-hydrogen) atoms. The van der Waals surface area contributed by atoms with E-state index in [1.807, 2.05) is 0 Å². The standard InChI is InChI=1S/C14H30N2/c1-12(2)10-16-9-5-6-14(11-16)7-8-15-13(3)4/h12-15H,5-11H2,1-4H3/t14-/m1/s1. The Morgan fingerprint density at radius 3 is 2.62 bits per heavy atom. The Kier molecular flexibility index (Phi) is 6.37. The molecule has 2 heteroatoms. The molecule has 0 unspecified atom stereocenters. The molecule has 0 radical (unpaired) electrons. The largest absolute Gasteiger partial charge is 0.315 e. The molecular formula is C14H30N2. The lowest BCUT2D eigenvalue weighted by Gasteiger charge is -2.34. The maximum absolute atomic E-state index is 3.53. The number of hydrogen-bond acceptors (Lipinski definition) is 2. The van der Waals surface area contributed by atoms with Crippen molar-refractivity contribution in [2.24, 2.45) is 11.8 Å². The molecule has 1 rings (SSSR count). The van der Waals surface area contributed by atoms with E-state index in [4.69, 9.17) is 0 Å². The normalized spacial score (nSPS) is 23.2. The van der Waals surface area contributed by atoms with Gasteiger partial charge in [0.15, 0.2) is 0 Å². The van der Waals surface area contributed by atoms with Gasteiger partial charge in [-0.25, -0.2) is 0 Å². The van der Waals surface area contributed by atoms with Gasteiger partial charge in [-0.2, -0.15) is 0 Å². The van der Waals surface area contributed by atoms with Crippen molar-refractivity contribution >= 4 is 0 Å². The molecule has 0 bridgehead atoms. The zero-order valence-corrected chi connectivity index (χ0v) is 11.6. The Morgan fingerprint density at radius 1 is 1.25 bits per heavy atom. The molecule has 0 aliphatic carbocycles. The smallest absolute Gasteiger partial charge is 0.00103 e. The van der Waals surface area contributed by atoms with Crippen LogP contribution in [-0.2, 0) is 0 Å². The van der Waals surface area contributed by atoms with Gasteiger partial charge in [0, 0.05) is 19.1 Å². The van der Waals surface area contributed by atoms with Gasteiger partial charge in [0.1, 0.15) is 0 Å². The molecule has 2 nitrogen and oxygen atoms in total. The average molecular weight is 226 g/mol. The fourth-order valence-corrected chi connectivity index (χ4v) is 2.65. The second kappa shape index (κ2) is 7.29. The monoisotopic (exact) mass is 226 g/mol. The summed E-state index contributed by atoms with van der Waals surface area (Å²) in [5.41, 5.74) is 0. The zero-order chi connectivity index (χ0) is 12.0. The highest BCUT2D eigenvalue weighted by atomic mass is 15.1. The quantitative estimate of drug-likeness (QED) is 0.749. The molecule has 1 aliphatic rings. The third-order valence-corrected chi connectivity index (χ3v) is 3.33. The van der Waals surface area contributed by atoms with Crippen LogP contribution < -0.4 is 5.32 Å². The molecule has 1 aliphatic heterocycles. The number of nitrogens with zero attached hydrogens (tertiary/aromatic N) is 1. The third-order valence-electron chi connectivity index (χ3n) is 3.33. The van der Waals surface area contributed by atoms with Crippen molar-refractivity contribution < 1.29 is 0 Å². The molecule has 1 saturated heterocycles. The highest BCUT2D eigenvalue weighted by molar-refractivity contribution is 4.74. The van der Waals surface area contributed by atoms with Crippen LogP contribution in [0.3, 0.4) is 0 Å². The van der Waals surface area contributed by atoms with Crippen LogP contribution in [0.25, 0.3) is 0 Å². The van der Waals surface area contributed by atoms with Crippen LogP contribution in [0.5, 0.6) is 0 Å². The lowest BCUT2D eigenvalue weighted by atomic mass is 9.94. The van der Waals surface area contributed by atoms with Crippen molar-refractivity contribution in [2.45, 2.75) is 53.0 Å². The second-order valence-corrected chi connectivity index (χ2v) is 6.06. The molecule has 1 fully saturated rings. The van der Waals surface area contributed by atoms with Gasteiger partial charge in [-0.05, 0) is 44.2 Å². The predicted molar refractivity (Wildman–Crippen MR) is 71.8 cm³/mol. The van der Waals surface area contributed by atoms with Crippen LogP contribution in [0.1, 0.15) is 47.0 Å². The first-order valence-corrected chi connectivity index (χ1v) is 7.03. The number of rotatable bonds is 6. The van der Waals surface area contributed by atoms with Gasteiger partial charge in [0.05, 0.1) is 0 Å². The number of hydrogen-bond donors (Lipinski definition) is 1. The van der Waals surface area contributed by atoms with E-state index < -0.39 is 0 Å². The third kappa shape index (κ3) is 5.86. The lowest BCUT2D eigenvalue weighted by molar-refractivity contribution is 0.153. The highest BCUT2D eigenvalue weighted by Gasteiger charge is 2.19. The van der Waals surface area contributed by atoms with Crippen molar-refractivity contribution in [3.05, 3.63) is 0 Å². The van der Waals surface area contributed by atoms with E-state index in [0.29, 0.717) is 6.04 Å². The van der Waals surface area contributed by atoms with E-state index in [2.05, 4.69) is 37.9 Å². The first-order chi connectivity index (χ1) is 7.58. The Morgan fingerprint density at radius 2 is 2.00 bits per heavy atom. The summed E-state index contributed by atoms with van der Waals surface area (Å²) in [5.74, 6) is 1.74. The van der Waals surface area contributed by atoms with E-state index in [0.717, 1.165) is 11.8 Å². The molecule has 1 N–H and O–H groups in total. The fourth-order valence-electron chi connectivity index (χ4n) is 2.65. The lowest BCUT2D eigenvalue weighted by Crippen LogP contribution is -2.39.